The number of pyridine rings is 1. The molecule has 5 nitrogen and oxygen atoms in total. The van der Waals surface area contributed by atoms with Crippen LogP contribution in [-0.2, 0) is 21.7 Å². The minimum atomic E-state index is -0.238. The Hall–Kier alpha value is -7.89. The summed E-state index contributed by atoms with van der Waals surface area (Å²) in [4.78, 5) is 10.1. The molecule has 1 aliphatic rings. The van der Waals surface area contributed by atoms with Gasteiger partial charge in [-0.15, -0.1) is 0 Å². The van der Waals surface area contributed by atoms with Gasteiger partial charge >= 0.3 is 0 Å². The van der Waals surface area contributed by atoms with Crippen molar-refractivity contribution in [2.24, 2.45) is 0 Å². The number of nitrogens with zero attached hydrogens (tertiary/aromatic N) is 4. The van der Waals surface area contributed by atoms with Gasteiger partial charge in [0.25, 0.3) is 0 Å². The topological polar surface area (TPSA) is 33.5 Å². The SMILES string of the molecule is CC(C)c1cccc(C(C)C)c1-c1cc(Oc2ccc3c4ccccc4n(-c4cc(C(C)(C)c5ccccc5)ccn4)c3c2)cc(N2CN(c3cccc(C(C)(C)c4ccccc4)c3)c3cc(C(C)(C)C)c(C(C)(C)C)cc32)c1. The molecule has 0 saturated heterocycles. The Bertz CT molecular complexity index is 3860. The zero-order chi connectivity index (χ0) is 55.8. The summed E-state index contributed by atoms with van der Waals surface area (Å²) < 4.78 is 9.64. The van der Waals surface area contributed by atoms with Crippen molar-refractivity contribution >= 4 is 44.6 Å². The molecule has 400 valence electrons. The highest BCUT2D eigenvalue weighted by molar-refractivity contribution is 6.09. The van der Waals surface area contributed by atoms with Crippen molar-refractivity contribution in [2.45, 2.75) is 130 Å². The van der Waals surface area contributed by atoms with Gasteiger partial charge in [-0.3, -0.25) is 4.57 Å². The average Bonchev–Trinajstić information content (AvgIpc) is 4.24. The van der Waals surface area contributed by atoms with E-state index in [0.29, 0.717) is 18.5 Å². The number of rotatable bonds is 12. The van der Waals surface area contributed by atoms with Gasteiger partial charge in [0.15, 0.2) is 0 Å². The van der Waals surface area contributed by atoms with Crippen molar-refractivity contribution in [3.63, 3.8) is 0 Å². The fraction of sp³-hybridized carbons (Fsp3) is 0.284. The lowest BCUT2D eigenvalue weighted by Crippen LogP contribution is -2.25. The minimum absolute atomic E-state index is 0.0902. The number of fused-ring (bicyclic) bond motifs is 4. The Labute approximate surface area is 470 Å². The molecule has 11 rings (SSSR count). The normalized spacial score (nSPS) is 13.3. The van der Waals surface area contributed by atoms with Gasteiger partial charge in [-0.25, -0.2) is 4.98 Å². The Kier molecular flexibility index (Phi) is 13.5. The summed E-state index contributed by atoms with van der Waals surface area (Å²) in [6.45, 7) is 33.3. The summed E-state index contributed by atoms with van der Waals surface area (Å²) in [5.41, 5.74) is 19.0. The van der Waals surface area contributed by atoms with E-state index in [0.717, 1.165) is 45.0 Å². The van der Waals surface area contributed by atoms with Crippen LogP contribution in [0.2, 0.25) is 0 Å². The summed E-state index contributed by atoms with van der Waals surface area (Å²) in [5.74, 6) is 3.01. The lowest BCUT2D eigenvalue weighted by atomic mass is 9.74. The molecule has 8 aromatic carbocycles. The second-order valence-corrected chi connectivity index (χ2v) is 25.8. The molecule has 3 heterocycles. The first-order valence-electron chi connectivity index (χ1n) is 28.5. The lowest BCUT2D eigenvalue weighted by molar-refractivity contribution is 0.483. The van der Waals surface area contributed by atoms with Crippen molar-refractivity contribution in [3.05, 3.63) is 239 Å². The first-order chi connectivity index (χ1) is 37.6. The van der Waals surface area contributed by atoms with Crippen molar-refractivity contribution in [2.75, 3.05) is 16.5 Å². The van der Waals surface area contributed by atoms with E-state index in [-0.39, 0.29) is 21.7 Å². The van der Waals surface area contributed by atoms with Gasteiger partial charge in [-0.1, -0.05) is 206 Å². The maximum Gasteiger partial charge on any atom is 0.137 e. The maximum atomic E-state index is 7.33. The molecule has 0 N–H and O–H groups in total. The van der Waals surface area contributed by atoms with Crippen LogP contribution in [0.25, 0.3) is 38.8 Å². The predicted molar refractivity (Wildman–Crippen MR) is 335 cm³/mol. The van der Waals surface area contributed by atoms with Crippen molar-refractivity contribution in [1.29, 1.82) is 0 Å². The highest BCUT2D eigenvalue weighted by atomic mass is 16.5. The highest BCUT2D eigenvalue weighted by Crippen LogP contribution is 2.52. The zero-order valence-electron chi connectivity index (χ0n) is 49.0. The molecule has 79 heavy (non-hydrogen) atoms. The van der Waals surface area contributed by atoms with Crippen LogP contribution < -0.4 is 14.5 Å². The molecule has 10 aromatic rings. The smallest absolute Gasteiger partial charge is 0.137 e. The Balaban J connectivity index is 1.10. The Morgan fingerprint density at radius 1 is 0.430 bits per heavy atom. The number of ether oxygens (including phenoxy) is 1. The van der Waals surface area contributed by atoms with Crippen LogP contribution in [0.15, 0.2) is 194 Å². The third kappa shape index (κ3) is 9.81. The molecule has 0 spiro atoms. The van der Waals surface area contributed by atoms with Crippen LogP contribution in [-0.4, -0.2) is 16.2 Å². The number of anilines is 4. The molecule has 0 fully saturated rings. The molecule has 0 aliphatic carbocycles. The van der Waals surface area contributed by atoms with Crippen molar-refractivity contribution < 1.29 is 4.74 Å². The van der Waals surface area contributed by atoms with Gasteiger partial charge in [0, 0.05) is 51.3 Å². The van der Waals surface area contributed by atoms with Gasteiger partial charge < -0.3 is 14.5 Å². The van der Waals surface area contributed by atoms with Crippen LogP contribution in [0.3, 0.4) is 0 Å². The summed E-state index contributed by atoms with van der Waals surface area (Å²) in [6.07, 6.45) is 1.96. The van der Waals surface area contributed by atoms with Gasteiger partial charge in [0.1, 0.15) is 24.0 Å². The summed E-state index contributed by atoms with van der Waals surface area (Å²) >= 11 is 0. The standard InChI is InChI=1S/C74H78N4O/c1-48(2)59-32-24-33-60(49(3)4)70(59)50-39-56(77-47-76(67-45-63(71(5,6)7)64(46-68(67)77)72(8,9)10)55-30-23-29-53(41-55)73(11,12)51-25-17-15-18-26-51)43-58(40-50)79-57-35-36-62-61-31-21-22-34-65(61)78(66(62)44-57)69-42-54(37-38-75-69)74(13,14)52-27-19-16-20-28-52/h15-46,48-49H,47H2,1-14H3. The van der Waals surface area contributed by atoms with Crippen LogP contribution in [0.5, 0.6) is 11.5 Å². The van der Waals surface area contributed by atoms with Crippen LogP contribution in [0.4, 0.5) is 22.7 Å². The van der Waals surface area contributed by atoms with Gasteiger partial charge in [-0.2, -0.15) is 0 Å². The van der Waals surface area contributed by atoms with E-state index in [4.69, 9.17) is 9.72 Å². The molecule has 0 bridgehead atoms. The molecule has 0 amide bonds. The summed E-state index contributed by atoms with van der Waals surface area (Å²) in [5, 5.41) is 2.32. The molecule has 0 saturated carbocycles. The quantitative estimate of drug-likeness (QED) is 0.122. The largest absolute Gasteiger partial charge is 0.457 e. The van der Waals surface area contributed by atoms with E-state index < -0.39 is 0 Å². The third-order valence-corrected chi connectivity index (χ3v) is 16.9. The molecular weight excluding hydrogens is 961 g/mol. The summed E-state index contributed by atoms with van der Waals surface area (Å²) in [7, 11) is 0. The second kappa shape index (κ2) is 20.1. The molecule has 0 unspecified atom stereocenters. The molecule has 5 heteroatoms. The van der Waals surface area contributed by atoms with Crippen molar-refractivity contribution in [3.8, 4) is 28.4 Å². The monoisotopic (exact) mass is 1040 g/mol. The third-order valence-electron chi connectivity index (χ3n) is 16.9. The first-order valence-corrected chi connectivity index (χ1v) is 28.5. The average molecular weight is 1040 g/mol. The van der Waals surface area contributed by atoms with Crippen LogP contribution in [0.1, 0.15) is 153 Å². The van der Waals surface area contributed by atoms with E-state index >= 15 is 0 Å². The highest BCUT2D eigenvalue weighted by Gasteiger charge is 2.36. The lowest BCUT2D eigenvalue weighted by Gasteiger charge is -2.32. The minimum Gasteiger partial charge on any atom is -0.457 e. The fourth-order valence-electron chi connectivity index (χ4n) is 12.2. The molecule has 2 aromatic heterocycles. The number of hydrogen-bond donors (Lipinski definition) is 0. The predicted octanol–water partition coefficient (Wildman–Crippen LogP) is 20.4. The Morgan fingerprint density at radius 2 is 0.962 bits per heavy atom. The zero-order valence-corrected chi connectivity index (χ0v) is 49.0. The van der Waals surface area contributed by atoms with Gasteiger partial charge in [0.05, 0.1) is 22.4 Å². The van der Waals surface area contributed by atoms with Crippen LogP contribution in [0, 0.1) is 0 Å². The number of para-hydroxylation sites is 1. The number of aromatic nitrogens is 2. The van der Waals surface area contributed by atoms with Crippen LogP contribution >= 0.6 is 0 Å². The fourth-order valence-corrected chi connectivity index (χ4v) is 12.2. The summed E-state index contributed by atoms with van der Waals surface area (Å²) in [6, 6.07) is 69.4. The molecule has 1 aliphatic heterocycles. The second-order valence-electron chi connectivity index (χ2n) is 25.8. The van der Waals surface area contributed by atoms with Gasteiger partial charge in [-0.05, 0) is 145 Å². The molecule has 0 radical (unpaired) electrons. The number of benzene rings is 8. The number of hydrogen-bond acceptors (Lipinski definition) is 4. The first kappa shape index (κ1) is 53.1. The Morgan fingerprint density at radius 3 is 1.56 bits per heavy atom. The van der Waals surface area contributed by atoms with E-state index in [1.807, 2.05) is 6.20 Å². The van der Waals surface area contributed by atoms with Crippen molar-refractivity contribution in [1.82, 2.24) is 9.55 Å². The molecule has 0 atom stereocenters. The van der Waals surface area contributed by atoms with E-state index in [1.165, 1.54) is 72.5 Å². The van der Waals surface area contributed by atoms with E-state index in [9.17, 15) is 0 Å². The van der Waals surface area contributed by atoms with E-state index in [1.54, 1.807) is 0 Å². The maximum absolute atomic E-state index is 7.33. The van der Waals surface area contributed by atoms with Gasteiger partial charge in [0.2, 0.25) is 0 Å². The van der Waals surface area contributed by atoms with E-state index in [2.05, 4.69) is 299 Å². The molecular formula is C74H78N4O.